The van der Waals surface area contributed by atoms with E-state index in [1.54, 1.807) is 26.1 Å². The number of hydrogen-bond donors (Lipinski definition) is 2. The van der Waals surface area contributed by atoms with Crippen LogP contribution in [0, 0.1) is 6.92 Å². The largest absolute Gasteiger partial charge is 0.354 e. The molecule has 0 saturated carbocycles. The van der Waals surface area contributed by atoms with Gasteiger partial charge in [0, 0.05) is 46.3 Å². The number of fused-ring (bicyclic) bond motifs is 1. The number of carbonyl (C=O) groups excluding carboxylic acids is 1. The number of nitrogens with zero attached hydrogens (tertiary/aromatic N) is 5. The average molecular weight is 438 g/mol. The number of aromatic nitrogens is 4. The van der Waals surface area contributed by atoms with E-state index in [2.05, 4.69) is 30.3 Å². The summed E-state index contributed by atoms with van der Waals surface area (Å²) in [4.78, 5) is 43.6. The molecule has 0 atom stereocenters. The van der Waals surface area contributed by atoms with Crippen LogP contribution in [-0.2, 0) is 13.1 Å². The van der Waals surface area contributed by atoms with Crippen molar-refractivity contribution in [3.05, 3.63) is 61.9 Å². The van der Waals surface area contributed by atoms with Crippen LogP contribution in [0.1, 0.15) is 28.5 Å². The fraction of sp³-hybridized carbons (Fsp3) is 0.409. The molecular formula is C22H27N7O3. The van der Waals surface area contributed by atoms with Crippen LogP contribution < -0.4 is 21.5 Å². The fourth-order valence-corrected chi connectivity index (χ4v) is 4.09. The summed E-state index contributed by atoms with van der Waals surface area (Å²) in [6.07, 6.45) is 0. The van der Waals surface area contributed by atoms with Crippen molar-refractivity contribution in [2.45, 2.75) is 26.9 Å². The summed E-state index contributed by atoms with van der Waals surface area (Å²) in [5.74, 6) is 0.551. The predicted octanol–water partition coefficient (Wildman–Crippen LogP) is 0.490. The summed E-state index contributed by atoms with van der Waals surface area (Å²) >= 11 is 0. The number of piperazine rings is 1. The number of aryl methyl sites for hydroxylation is 1. The highest BCUT2D eigenvalue weighted by Gasteiger charge is 2.21. The normalized spacial score (nSPS) is 14.7. The van der Waals surface area contributed by atoms with E-state index in [-0.39, 0.29) is 17.2 Å². The van der Waals surface area contributed by atoms with Crippen LogP contribution in [0.5, 0.6) is 0 Å². The Morgan fingerprint density at radius 2 is 1.88 bits per heavy atom. The Hall–Kier alpha value is -3.53. The van der Waals surface area contributed by atoms with Crippen molar-refractivity contribution in [1.82, 2.24) is 30.0 Å². The molecule has 32 heavy (non-hydrogen) atoms. The lowest BCUT2D eigenvalue weighted by Gasteiger charge is -2.35. The summed E-state index contributed by atoms with van der Waals surface area (Å²) in [6.45, 7) is 8.04. The number of nitrogens with one attached hydrogen (secondary N) is 2. The maximum Gasteiger partial charge on any atom is 0.328 e. The van der Waals surface area contributed by atoms with Gasteiger partial charge in [0.1, 0.15) is 0 Å². The van der Waals surface area contributed by atoms with E-state index in [0.717, 1.165) is 49.7 Å². The topological polar surface area (TPSA) is 116 Å². The minimum atomic E-state index is -0.380. The van der Waals surface area contributed by atoms with Gasteiger partial charge in [0.05, 0.1) is 10.9 Å². The molecule has 0 unspecified atom stereocenters. The highest BCUT2D eigenvalue weighted by Crippen LogP contribution is 2.20. The SMILES string of the molecule is CCn1c(=O)[nH]c2cc(CN3CCN(c4nnc(C(=O)NC)cc4C)CC3)ccc2c1=O. The van der Waals surface area contributed by atoms with E-state index in [9.17, 15) is 14.4 Å². The van der Waals surface area contributed by atoms with Crippen molar-refractivity contribution in [1.29, 1.82) is 0 Å². The highest BCUT2D eigenvalue weighted by atomic mass is 16.2. The van der Waals surface area contributed by atoms with Gasteiger partial charge in [0.25, 0.3) is 11.5 Å². The first-order valence-electron chi connectivity index (χ1n) is 10.7. The summed E-state index contributed by atoms with van der Waals surface area (Å²) in [5, 5.41) is 11.4. The molecule has 4 rings (SSSR count). The number of benzene rings is 1. The molecule has 3 aromatic rings. The Kier molecular flexibility index (Phi) is 6.04. The molecule has 1 fully saturated rings. The van der Waals surface area contributed by atoms with Gasteiger partial charge in [0.2, 0.25) is 0 Å². The number of amides is 1. The number of anilines is 1. The highest BCUT2D eigenvalue weighted by molar-refractivity contribution is 5.92. The van der Waals surface area contributed by atoms with Crippen LogP contribution in [0.2, 0.25) is 0 Å². The second-order valence-corrected chi connectivity index (χ2v) is 7.94. The lowest BCUT2D eigenvalue weighted by molar-refractivity contribution is 0.0957. The standard InChI is InChI=1S/C22H27N7O3/c1-4-29-21(31)16-6-5-15(12-17(16)24-22(29)32)13-27-7-9-28(10-8-27)19-14(2)11-18(25-26-19)20(30)23-3/h5-6,11-12H,4,7-10,13H2,1-3H3,(H,23,30)(H,24,32). The van der Waals surface area contributed by atoms with Crippen LogP contribution in [0.3, 0.4) is 0 Å². The monoisotopic (exact) mass is 437 g/mol. The van der Waals surface area contributed by atoms with Crippen LogP contribution >= 0.6 is 0 Å². The smallest absolute Gasteiger partial charge is 0.328 e. The molecule has 1 aliphatic rings. The minimum absolute atomic E-state index is 0.248. The van der Waals surface area contributed by atoms with Crippen molar-refractivity contribution < 1.29 is 4.79 Å². The first-order valence-corrected chi connectivity index (χ1v) is 10.7. The Labute approximate surface area is 184 Å². The minimum Gasteiger partial charge on any atom is -0.354 e. The summed E-state index contributed by atoms with van der Waals surface area (Å²) < 4.78 is 1.20. The van der Waals surface area contributed by atoms with Crippen molar-refractivity contribution in [3.8, 4) is 0 Å². The molecule has 0 spiro atoms. The molecule has 1 aliphatic heterocycles. The molecule has 1 saturated heterocycles. The molecular weight excluding hydrogens is 410 g/mol. The van der Waals surface area contributed by atoms with Gasteiger partial charge in [-0.15, -0.1) is 10.2 Å². The molecule has 10 nitrogen and oxygen atoms in total. The molecule has 1 amide bonds. The second kappa shape index (κ2) is 8.91. The molecule has 168 valence electrons. The molecule has 3 heterocycles. The molecule has 0 bridgehead atoms. The molecule has 10 heteroatoms. The molecule has 0 aliphatic carbocycles. The van der Waals surface area contributed by atoms with Gasteiger partial charge in [-0.1, -0.05) is 6.07 Å². The van der Waals surface area contributed by atoms with Gasteiger partial charge in [-0.05, 0) is 43.2 Å². The van der Waals surface area contributed by atoms with Crippen LogP contribution in [0.4, 0.5) is 5.82 Å². The second-order valence-electron chi connectivity index (χ2n) is 7.94. The number of rotatable bonds is 5. The Balaban J connectivity index is 1.44. The van der Waals surface area contributed by atoms with E-state index >= 15 is 0 Å². The Bertz CT molecular complexity index is 1270. The van der Waals surface area contributed by atoms with Gasteiger partial charge in [0.15, 0.2) is 11.5 Å². The molecule has 1 aromatic carbocycles. The first kappa shape index (κ1) is 21.7. The Morgan fingerprint density at radius 3 is 2.53 bits per heavy atom. The third-order valence-corrected chi connectivity index (χ3v) is 5.86. The lowest BCUT2D eigenvalue weighted by Crippen LogP contribution is -2.46. The van der Waals surface area contributed by atoms with Crippen molar-refractivity contribution >= 4 is 22.6 Å². The van der Waals surface area contributed by atoms with Crippen LogP contribution in [0.25, 0.3) is 10.9 Å². The fourth-order valence-electron chi connectivity index (χ4n) is 4.09. The van der Waals surface area contributed by atoms with Crippen molar-refractivity contribution in [2.75, 3.05) is 38.1 Å². The maximum absolute atomic E-state index is 12.4. The van der Waals surface area contributed by atoms with Gasteiger partial charge in [-0.25, -0.2) is 4.79 Å². The van der Waals surface area contributed by atoms with E-state index in [1.165, 1.54) is 4.57 Å². The predicted molar refractivity (Wildman–Crippen MR) is 122 cm³/mol. The van der Waals surface area contributed by atoms with Crippen molar-refractivity contribution in [2.24, 2.45) is 0 Å². The zero-order valence-corrected chi connectivity index (χ0v) is 18.5. The zero-order chi connectivity index (χ0) is 22.8. The summed E-state index contributed by atoms with van der Waals surface area (Å²) in [7, 11) is 1.57. The van der Waals surface area contributed by atoms with Crippen molar-refractivity contribution in [3.63, 3.8) is 0 Å². The van der Waals surface area contributed by atoms with Gasteiger partial charge in [-0.2, -0.15) is 0 Å². The Morgan fingerprint density at radius 1 is 1.12 bits per heavy atom. The zero-order valence-electron chi connectivity index (χ0n) is 18.5. The number of hydrogen-bond acceptors (Lipinski definition) is 7. The summed E-state index contributed by atoms with van der Waals surface area (Å²) in [5.41, 5.74) is 2.21. The molecule has 2 N–H and O–H groups in total. The van der Waals surface area contributed by atoms with Crippen LogP contribution in [0.15, 0.2) is 33.9 Å². The quantitative estimate of drug-likeness (QED) is 0.597. The van der Waals surface area contributed by atoms with E-state index in [0.29, 0.717) is 23.1 Å². The third kappa shape index (κ3) is 4.13. The number of aromatic amines is 1. The average Bonchev–Trinajstić information content (AvgIpc) is 2.79. The van der Waals surface area contributed by atoms with E-state index in [1.807, 2.05) is 19.1 Å². The molecule has 2 aromatic heterocycles. The number of H-pyrrole nitrogens is 1. The van der Waals surface area contributed by atoms with E-state index < -0.39 is 0 Å². The lowest BCUT2D eigenvalue weighted by atomic mass is 10.1. The number of carbonyl (C=O) groups is 1. The maximum atomic E-state index is 12.4. The molecule has 0 radical (unpaired) electrons. The van der Waals surface area contributed by atoms with E-state index in [4.69, 9.17) is 0 Å². The third-order valence-electron chi connectivity index (χ3n) is 5.86. The van der Waals surface area contributed by atoms with Crippen LogP contribution in [-0.4, -0.2) is 63.8 Å². The van der Waals surface area contributed by atoms with Gasteiger partial charge in [-0.3, -0.25) is 19.1 Å². The first-order chi connectivity index (χ1) is 15.4. The van der Waals surface area contributed by atoms with Gasteiger partial charge < -0.3 is 15.2 Å². The van der Waals surface area contributed by atoms with Gasteiger partial charge >= 0.3 is 5.69 Å². The summed E-state index contributed by atoms with van der Waals surface area (Å²) in [6, 6.07) is 7.38.